The Balaban J connectivity index is 1.70. The van der Waals surface area contributed by atoms with Crippen molar-refractivity contribution in [2.24, 2.45) is 5.92 Å². The Labute approximate surface area is 99.4 Å². The number of carbonyl (C=O) groups is 2. The van der Waals surface area contributed by atoms with Gasteiger partial charge in [0.15, 0.2) is 0 Å². The summed E-state index contributed by atoms with van der Waals surface area (Å²) in [6.45, 7) is 0.773. The summed E-state index contributed by atoms with van der Waals surface area (Å²) in [5, 5.41) is 8.67. The van der Waals surface area contributed by atoms with E-state index in [9.17, 15) is 9.59 Å². The second kappa shape index (κ2) is 5.03. The van der Waals surface area contributed by atoms with Crippen LogP contribution in [-0.4, -0.2) is 41.8 Å². The maximum Gasteiger partial charge on any atom is 0.410 e. The summed E-state index contributed by atoms with van der Waals surface area (Å²) in [6, 6.07) is 0. The third kappa shape index (κ3) is 2.87. The maximum atomic E-state index is 11.5. The van der Waals surface area contributed by atoms with Crippen LogP contribution in [0.5, 0.6) is 0 Å². The van der Waals surface area contributed by atoms with Gasteiger partial charge in [0.25, 0.3) is 0 Å². The lowest BCUT2D eigenvalue weighted by Gasteiger charge is -2.35. The topological polar surface area (TPSA) is 66.8 Å². The SMILES string of the molecule is O=C(O)C1CN(C(=O)OCC2=CCCC=C2)C1. The number of amides is 1. The van der Waals surface area contributed by atoms with Crippen molar-refractivity contribution in [3.05, 3.63) is 23.8 Å². The van der Waals surface area contributed by atoms with Gasteiger partial charge in [-0.05, 0) is 18.4 Å². The van der Waals surface area contributed by atoms with Crippen LogP contribution in [0.3, 0.4) is 0 Å². The van der Waals surface area contributed by atoms with E-state index in [1.54, 1.807) is 0 Å². The molecule has 1 fully saturated rings. The molecule has 0 aromatic heterocycles. The van der Waals surface area contributed by atoms with Crippen molar-refractivity contribution >= 4 is 12.1 Å². The van der Waals surface area contributed by atoms with E-state index in [0.29, 0.717) is 0 Å². The number of ether oxygens (including phenoxy) is 1. The highest BCUT2D eigenvalue weighted by atomic mass is 16.6. The summed E-state index contributed by atoms with van der Waals surface area (Å²) in [5.41, 5.74) is 1.000. The largest absolute Gasteiger partial charge is 0.481 e. The molecule has 0 aromatic rings. The van der Waals surface area contributed by atoms with Crippen molar-refractivity contribution in [3.8, 4) is 0 Å². The summed E-state index contributed by atoms with van der Waals surface area (Å²) in [6.07, 6.45) is 7.63. The molecular formula is C12H15NO4. The van der Waals surface area contributed by atoms with Crippen molar-refractivity contribution in [2.45, 2.75) is 12.8 Å². The smallest absolute Gasteiger partial charge is 0.410 e. The molecule has 1 saturated heterocycles. The van der Waals surface area contributed by atoms with Gasteiger partial charge in [-0.2, -0.15) is 0 Å². The molecule has 0 atom stereocenters. The Bertz CT molecular complexity index is 380. The van der Waals surface area contributed by atoms with Crippen LogP contribution in [0.1, 0.15) is 12.8 Å². The fourth-order valence-corrected chi connectivity index (χ4v) is 1.79. The summed E-state index contributed by atoms with van der Waals surface area (Å²) in [4.78, 5) is 23.5. The van der Waals surface area contributed by atoms with E-state index in [0.717, 1.165) is 18.4 Å². The first-order valence-corrected chi connectivity index (χ1v) is 5.67. The minimum absolute atomic E-state index is 0.253. The number of nitrogens with zero attached hydrogens (tertiary/aromatic N) is 1. The molecule has 0 unspecified atom stereocenters. The third-order valence-electron chi connectivity index (χ3n) is 2.92. The van der Waals surface area contributed by atoms with Crippen LogP contribution < -0.4 is 0 Å². The van der Waals surface area contributed by atoms with E-state index in [4.69, 9.17) is 9.84 Å². The maximum absolute atomic E-state index is 11.5. The average Bonchev–Trinajstić information content (AvgIpc) is 2.25. The molecule has 92 valence electrons. The second-order valence-corrected chi connectivity index (χ2v) is 4.25. The minimum atomic E-state index is -0.855. The van der Waals surface area contributed by atoms with Crippen molar-refractivity contribution in [2.75, 3.05) is 19.7 Å². The Kier molecular flexibility index (Phi) is 3.46. The highest BCUT2D eigenvalue weighted by Crippen LogP contribution is 2.17. The molecule has 1 heterocycles. The van der Waals surface area contributed by atoms with Gasteiger partial charge in [-0.15, -0.1) is 0 Å². The Morgan fingerprint density at radius 3 is 2.76 bits per heavy atom. The van der Waals surface area contributed by atoms with Crippen LogP contribution in [0.2, 0.25) is 0 Å². The molecule has 1 aliphatic heterocycles. The Morgan fingerprint density at radius 2 is 2.18 bits per heavy atom. The van der Waals surface area contributed by atoms with Crippen molar-refractivity contribution < 1.29 is 19.4 Å². The van der Waals surface area contributed by atoms with Gasteiger partial charge >= 0.3 is 12.1 Å². The fourth-order valence-electron chi connectivity index (χ4n) is 1.79. The average molecular weight is 237 g/mol. The molecule has 2 rings (SSSR count). The lowest BCUT2D eigenvalue weighted by atomic mass is 10.0. The molecule has 0 spiro atoms. The zero-order chi connectivity index (χ0) is 12.3. The van der Waals surface area contributed by atoms with Crippen LogP contribution in [0, 0.1) is 5.92 Å². The molecule has 1 N–H and O–H groups in total. The first kappa shape index (κ1) is 11.7. The first-order valence-electron chi connectivity index (χ1n) is 5.67. The van der Waals surface area contributed by atoms with Gasteiger partial charge in [0.2, 0.25) is 0 Å². The predicted molar refractivity (Wildman–Crippen MR) is 60.5 cm³/mol. The molecule has 1 aliphatic carbocycles. The number of hydrogen-bond donors (Lipinski definition) is 1. The van der Waals surface area contributed by atoms with E-state index < -0.39 is 18.0 Å². The van der Waals surface area contributed by atoms with Gasteiger partial charge in [0.05, 0.1) is 5.92 Å². The number of rotatable bonds is 3. The van der Waals surface area contributed by atoms with Gasteiger partial charge in [-0.1, -0.05) is 18.2 Å². The predicted octanol–water partition coefficient (Wildman–Crippen LogP) is 1.42. The van der Waals surface area contributed by atoms with Gasteiger partial charge in [0.1, 0.15) is 6.61 Å². The molecule has 2 aliphatic rings. The van der Waals surface area contributed by atoms with Crippen LogP contribution >= 0.6 is 0 Å². The van der Waals surface area contributed by atoms with Crippen LogP contribution in [0.15, 0.2) is 23.8 Å². The van der Waals surface area contributed by atoms with E-state index in [-0.39, 0.29) is 19.7 Å². The number of carboxylic acids is 1. The number of allylic oxidation sites excluding steroid dienone is 2. The molecule has 0 bridgehead atoms. The number of likely N-dealkylation sites (tertiary alicyclic amines) is 1. The quantitative estimate of drug-likeness (QED) is 0.806. The fraction of sp³-hybridized carbons (Fsp3) is 0.500. The number of aliphatic carboxylic acids is 1. The number of hydrogen-bond acceptors (Lipinski definition) is 3. The van der Waals surface area contributed by atoms with Gasteiger partial charge in [-0.25, -0.2) is 4.79 Å². The zero-order valence-electron chi connectivity index (χ0n) is 9.46. The second-order valence-electron chi connectivity index (χ2n) is 4.25. The standard InChI is InChI=1S/C12H15NO4/c14-11(15)10-6-13(7-10)12(16)17-8-9-4-2-1-3-5-9/h2,4-5,10H,1,3,6-8H2,(H,14,15). The molecule has 0 saturated carbocycles. The van der Waals surface area contributed by atoms with E-state index >= 15 is 0 Å². The summed E-state index contributed by atoms with van der Waals surface area (Å²) >= 11 is 0. The molecule has 5 heteroatoms. The lowest BCUT2D eigenvalue weighted by molar-refractivity contribution is -0.146. The third-order valence-corrected chi connectivity index (χ3v) is 2.92. The van der Waals surface area contributed by atoms with Gasteiger partial charge in [-0.3, -0.25) is 4.79 Å². The molecule has 5 nitrogen and oxygen atoms in total. The van der Waals surface area contributed by atoms with Gasteiger partial charge in [0, 0.05) is 13.1 Å². The zero-order valence-corrected chi connectivity index (χ0v) is 9.46. The molecule has 0 aromatic carbocycles. The van der Waals surface area contributed by atoms with E-state index in [1.807, 2.05) is 18.2 Å². The molecule has 17 heavy (non-hydrogen) atoms. The monoisotopic (exact) mass is 237 g/mol. The van der Waals surface area contributed by atoms with Crippen LogP contribution in [0.25, 0.3) is 0 Å². The van der Waals surface area contributed by atoms with Crippen molar-refractivity contribution in [3.63, 3.8) is 0 Å². The lowest BCUT2D eigenvalue weighted by Crippen LogP contribution is -2.53. The number of carboxylic acid groups (broad SMARTS) is 1. The van der Waals surface area contributed by atoms with E-state index in [1.165, 1.54) is 4.90 Å². The van der Waals surface area contributed by atoms with Crippen molar-refractivity contribution in [1.82, 2.24) is 4.90 Å². The van der Waals surface area contributed by atoms with Crippen molar-refractivity contribution in [1.29, 1.82) is 0 Å². The summed E-state index contributed by atoms with van der Waals surface area (Å²) in [7, 11) is 0. The Hall–Kier alpha value is -1.78. The highest BCUT2D eigenvalue weighted by molar-refractivity contribution is 5.76. The molecule has 1 amide bonds. The molecule has 0 radical (unpaired) electrons. The molecular weight excluding hydrogens is 222 g/mol. The Morgan fingerprint density at radius 1 is 1.41 bits per heavy atom. The van der Waals surface area contributed by atoms with E-state index in [2.05, 4.69) is 0 Å². The normalized spacial score (nSPS) is 19.5. The first-order chi connectivity index (χ1) is 8.16. The number of carbonyl (C=O) groups excluding carboxylic acids is 1. The summed E-state index contributed by atoms with van der Waals surface area (Å²) in [5.74, 6) is -1.29. The van der Waals surface area contributed by atoms with Crippen LogP contribution in [-0.2, 0) is 9.53 Å². The summed E-state index contributed by atoms with van der Waals surface area (Å²) < 4.78 is 5.09. The van der Waals surface area contributed by atoms with Gasteiger partial charge < -0.3 is 14.7 Å². The highest BCUT2D eigenvalue weighted by Gasteiger charge is 2.36. The minimum Gasteiger partial charge on any atom is -0.481 e. The van der Waals surface area contributed by atoms with Crippen LogP contribution in [0.4, 0.5) is 4.79 Å².